The molecule has 0 unspecified atom stereocenters. The lowest BCUT2D eigenvalue weighted by Crippen LogP contribution is -2.29. The van der Waals surface area contributed by atoms with Crippen molar-refractivity contribution in [2.45, 2.75) is 26.4 Å². The molecule has 0 aliphatic rings. The van der Waals surface area contributed by atoms with Crippen LogP contribution in [0.3, 0.4) is 0 Å². The van der Waals surface area contributed by atoms with Gasteiger partial charge in [-0.2, -0.15) is 5.10 Å². The molecule has 3 heterocycles. The molecule has 0 aliphatic heterocycles. The quantitative estimate of drug-likeness (QED) is 0.745. The van der Waals surface area contributed by atoms with Gasteiger partial charge in [-0.25, -0.2) is 0 Å². The monoisotopic (exact) mass is 311 g/mol. The average Bonchev–Trinajstić information content (AvgIpc) is 3.24. The smallest absolute Gasteiger partial charge is 0.269 e. The number of rotatable bonds is 5. The van der Waals surface area contributed by atoms with Gasteiger partial charge in [-0.3, -0.25) is 14.9 Å². The first-order valence-corrected chi connectivity index (χ1v) is 7.33. The van der Waals surface area contributed by atoms with E-state index in [1.807, 2.05) is 30.5 Å². The molecule has 23 heavy (non-hydrogen) atoms. The molecule has 0 saturated heterocycles. The van der Waals surface area contributed by atoms with Crippen molar-refractivity contribution < 1.29 is 4.79 Å². The fourth-order valence-corrected chi connectivity index (χ4v) is 2.29. The second-order valence-corrected chi connectivity index (χ2v) is 5.07. The Bertz CT molecular complexity index is 793. The standard InChI is InChI=1S/C15H17N7O/c1-3-22-9-17-21-14(22)10(2)18-15(23)13-8-12(19-20-13)11-4-6-16-7-5-11/h4-10H,3H2,1-2H3,(H,18,23)(H,19,20)/t10-/m1/s1. The molecule has 8 heteroatoms. The van der Waals surface area contributed by atoms with Crippen molar-refractivity contribution in [3.63, 3.8) is 0 Å². The van der Waals surface area contributed by atoms with Gasteiger partial charge in [0.05, 0.1) is 11.7 Å². The minimum atomic E-state index is -0.252. The Morgan fingerprint density at radius 2 is 2.17 bits per heavy atom. The van der Waals surface area contributed by atoms with Gasteiger partial charge in [-0.15, -0.1) is 10.2 Å². The Morgan fingerprint density at radius 1 is 1.39 bits per heavy atom. The van der Waals surface area contributed by atoms with Gasteiger partial charge in [0, 0.05) is 24.5 Å². The van der Waals surface area contributed by atoms with Gasteiger partial charge in [-0.05, 0) is 32.0 Å². The normalized spacial score (nSPS) is 12.1. The van der Waals surface area contributed by atoms with Crippen LogP contribution in [0.25, 0.3) is 11.3 Å². The van der Waals surface area contributed by atoms with E-state index in [1.165, 1.54) is 0 Å². The van der Waals surface area contributed by atoms with E-state index >= 15 is 0 Å². The number of amides is 1. The van der Waals surface area contributed by atoms with Gasteiger partial charge < -0.3 is 9.88 Å². The number of hydrogen-bond donors (Lipinski definition) is 2. The van der Waals surface area contributed by atoms with E-state index < -0.39 is 0 Å². The van der Waals surface area contributed by atoms with E-state index in [4.69, 9.17) is 0 Å². The van der Waals surface area contributed by atoms with Gasteiger partial charge in [0.2, 0.25) is 0 Å². The molecule has 0 aromatic carbocycles. The fraction of sp³-hybridized carbons (Fsp3) is 0.267. The maximum Gasteiger partial charge on any atom is 0.269 e. The molecule has 0 radical (unpaired) electrons. The van der Waals surface area contributed by atoms with Crippen LogP contribution in [0.4, 0.5) is 0 Å². The third-order valence-corrected chi connectivity index (χ3v) is 3.52. The topological polar surface area (TPSA) is 101 Å². The number of nitrogens with zero attached hydrogens (tertiary/aromatic N) is 5. The highest BCUT2D eigenvalue weighted by molar-refractivity contribution is 5.93. The minimum absolute atomic E-state index is 0.240. The summed E-state index contributed by atoms with van der Waals surface area (Å²) in [5.41, 5.74) is 1.99. The second-order valence-electron chi connectivity index (χ2n) is 5.07. The summed E-state index contributed by atoms with van der Waals surface area (Å²) in [6, 6.07) is 5.13. The summed E-state index contributed by atoms with van der Waals surface area (Å²) in [5.74, 6) is 0.477. The summed E-state index contributed by atoms with van der Waals surface area (Å²) in [4.78, 5) is 16.3. The molecule has 0 spiro atoms. The maximum absolute atomic E-state index is 12.3. The first kappa shape index (κ1) is 14.9. The SMILES string of the molecule is CCn1cnnc1[C@@H](C)NC(=O)c1cc(-c2ccncc2)n[nH]1. The molecule has 118 valence electrons. The Morgan fingerprint density at radius 3 is 2.91 bits per heavy atom. The van der Waals surface area contributed by atoms with Gasteiger partial charge in [0.25, 0.3) is 5.91 Å². The van der Waals surface area contributed by atoms with Crippen LogP contribution in [0.2, 0.25) is 0 Å². The van der Waals surface area contributed by atoms with E-state index in [2.05, 4.69) is 30.7 Å². The van der Waals surface area contributed by atoms with Crippen molar-refractivity contribution in [3.8, 4) is 11.3 Å². The molecule has 2 N–H and O–H groups in total. The zero-order valence-corrected chi connectivity index (χ0v) is 12.9. The Labute approximate surface area is 133 Å². The summed E-state index contributed by atoms with van der Waals surface area (Å²) in [7, 11) is 0. The van der Waals surface area contributed by atoms with E-state index in [0.717, 1.165) is 17.9 Å². The third-order valence-electron chi connectivity index (χ3n) is 3.52. The summed E-state index contributed by atoms with van der Waals surface area (Å²) >= 11 is 0. The van der Waals surface area contributed by atoms with Gasteiger partial charge in [0.15, 0.2) is 5.82 Å². The molecule has 1 atom stereocenters. The first-order chi connectivity index (χ1) is 11.2. The Kier molecular flexibility index (Phi) is 4.13. The van der Waals surface area contributed by atoms with Crippen LogP contribution in [-0.4, -0.2) is 35.9 Å². The zero-order chi connectivity index (χ0) is 16.2. The van der Waals surface area contributed by atoms with E-state index in [0.29, 0.717) is 11.4 Å². The number of aryl methyl sites for hydroxylation is 1. The predicted molar refractivity (Wildman–Crippen MR) is 83.4 cm³/mol. The molecule has 0 saturated carbocycles. The molecule has 0 fully saturated rings. The number of aromatic amines is 1. The van der Waals surface area contributed by atoms with Crippen molar-refractivity contribution in [1.29, 1.82) is 0 Å². The van der Waals surface area contributed by atoms with Crippen molar-refractivity contribution in [2.24, 2.45) is 0 Å². The fourth-order valence-electron chi connectivity index (χ4n) is 2.29. The average molecular weight is 311 g/mol. The predicted octanol–water partition coefficient (Wildman–Crippen LogP) is 1.57. The first-order valence-electron chi connectivity index (χ1n) is 7.33. The highest BCUT2D eigenvalue weighted by atomic mass is 16.2. The van der Waals surface area contributed by atoms with Crippen molar-refractivity contribution in [2.75, 3.05) is 0 Å². The number of pyridine rings is 1. The van der Waals surface area contributed by atoms with Crippen LogP contribution in [0, 0.1) is 0 Å². The van der Waals surface area contributed by atoms with Crippen LogP contribution in [0.15, 0.2) is 36.9 Å². The highest BCUT2D eigenvalue weighted by Crippen LogP contribution is 2.17. The lowest BCUT2D eigenvalue weighted by atomic mass is 10.2. The zero-order valence-electron chi connectivity index (χ0n) is 12.9. The van der Waals surface area contributed by atoms with E-state index in [-0.39, 0.29) is 11.9 Å². The van der Waals surface area contributed by atoms with E-state index in [1.54, 1.807) is 24.8 Å². The van der Waals surface area contributed by atoms with Crippen molar-refractivity contribution in [1.82, 2.24) is 35.3 Å². The molecular weight excluding hydrogens is 294 g/mol. The second kappa shape index (κ2) is 6.39. The third kappa shape index (κ3) is 3.10. The van der Waals surface area contributed by atoms with Crippen molar-refractivity contribution in [3.05, 3.63) is 48.4 Å². The Balaban J connectivity index is 1.73. The van der Waals surface area contributed by atoms with Crippen LogP contribution in [-0.2, 0) is 6.54 Å². The number of aromatic nitrogens is 6. The summed E-state index contributed by atoms with van der Waals surface area (Å²) in [5, 5.41) is 17.7. The number of nitrogens with one attached hydrogen (secondary N) is 2. The highest BCUT2D eigenvalue weighted by Gasteiger charge is 2.18. The van der Waals surface area contributed by atoms with Crippen LogP contribution < -0.4 is 5.32 Å². The van der Waals surface area contributed by atoms with E-state index in [9.17, 15) is 4.79 Å². The summed E-state index contributed by atoms with van der Waals surface area (Å²) in [6.07, 6.45) is 5.02. The number of hydrogen-bond acceptors (Lipinski definition) is 5. The van der Waals surface area contributed by atoms with Crippen LogP contribution in [0.1, 0.15) is 36.2 Å². The molecule has 3 rings (SSSR count). The van der Waals surface area contributed by atoms with Crippen LogP contribution >= 0.6 is 0 Å². The minimum Gasteiger partial charge on any atom is -0.341 e. The molecule has 3 aromatic rings. The molecule has 1 amide bonds. The maximum atomic E-state index is 12.3. The Hall–Kier alpha value is -3.03. The number of carbonyl (C=O) groups excluding carboxylic acids is 1. The molecule has 0 aliphatic carbocycles. The molecule has 8 nitrogen and oxygen atoms in total. The lowest BCUT2D eigenvalue weighted by Gasteiger charge is -2.13. The van der Waals surface area contributed by atoms with Crippen LogP contribution in [0.5, 0.6) is 0 Å². The molecule has 0 bridgehead atoms. The lowest BCUT2D eigenvalue weighted by molar-refractivity contribution is 0.0932. The summed E-state index contributed by atoms with van der Waals surface area (Å²) < 4.78 is 1.89. The van der Waals surface area contributed by atoms with Crippen molar-refractivity contribution >= 4 is 5.91 Å². The van der Waals surface area contributed by atoms with Gasteiger partial charge in [0.1, 0.15) is 12.0 Å². The van der Waals surface area contributed by atoms with Gasteiger partial charge in [-0.1, -0.05) is 0 Å². The molecular formula is C15H17N7O. The summed E-state index contributed by atoms with van der Waals surface area (Å²) in [6.45, 7) is 4.62. The number of H-pyrrole nitrogens is 1. The van der Waals surface area contributed by atoms with Gasteiger partial charge >= 0.3 is 0 Å². The molecule has 3 aromatic heterocycles. The largest absolute Gasteiger partial charge is 0.341 e. The number of carbonyl (C=O) groups is 1.